The van der Waals surface area contributed by atoms with Crippen molar-refractivity contribution >= 4 is 51.2 Å². The first kappa shape index (κ1) is 19.4. The van der Waals surface area contributed by atoms with Crippen molar-refractivity contribution in [2.24, 2.45) is 0 Å². The molecule has 0 fully saturated rings. The normalized spacial score (nSPS) is 14.3. The van der Waals surface area contributed by atoms with Crippen LogP contribution in [0.5, 0.6) is 0 Å². The molecule has 0 aromatic heterocycles. The fourth-order valence-corrected chi connectivity index (χ4v) is 3.93. The molecule has 1 unspecified atom stereocenters. The van der Waals surface area contributed by atoms with Gasteiger partial charge >= 0.3 is 5.97 Å². The molecule has 140 valence electrons. The summed E-state index contributed by atoms with van der Waals surface area (Å²) in [5.74, 6) is -0.890. The number of anilines is 1. The molecule has 0 saturated carbocycles. The predicted octanol–water partition coefficient (Wildman–Crippen LogP) is 2.92. The molecule has 1 heterocycles. The molecule has 27 heavy (non-hydrogen) atoms. The Labute approximate surface area is 169 Å². The molecule has 8 heteroatoms. The van der Waals surface area contributed by atoms with Gasteiger partial charge in [0, 0.05) is 9.37 Å². The molecular formula is C19H17BrN2O4S. The van der Waals surface area contributed by atoms with Crippen LogP contribution < -0.4 is 10.2 Å². The predicted molar refractivity (Wildman–Crippen MR) is 107 cm³/mol. The number of amides is 2. The lowest BCUT2D eigenvalue weighted by Gasteiger charge is -2.29. The molecule has 0 spiro atoms. The van der Waals surface area contributed by atoms with Crippen molar-refractivity contribution in [3.05, 3.63) is 58.6 Å². The number of esters is 1. The Kier molecular flexibility index (Phi) is 6.18. The van der Waals surface area contributed by atoms with Gasteiger partial charge in [-0.2, -0.15) is 0 Å². The molecule has 6 nitrogen and oxygen atoms in total. The van der Waals surface area contributed by atoms with E-state index in [0.29, 0.717) is 11.3 Å². The van der Waals surface area contributed by atoms with E-state index in [1.807, 2.05) is 18.2 Å². The molecule has 1 aliphatic rings. The number of nitrogens with one attached hydrogen (secondary N) is 1. The third kappa shape index (κ3) is 4.51. The Bertz CT molecular complexity index is 872. The standard InChI is InChI=1S/C19H17BrN2O4S/c1-26-19(25)18(12-6-8-13(20)9-7-12)21-16(23)10-22-14-4-2-3-5-15(14)27-11-17(22)24/h2-9,18H,10-11H2,1H3,(H,21,23). The van der Waals surface area contributed by atoms with Crippen LogP contribution in [0.15, 0.2) is 57.9 Å². The second kappa shape index (κ2) is 8.58. The highest BCUT2D eigenvalue weighted by molar-refractivity contribution is 9.10. The van der Waals surface area contributed by atoms with E-state index >= 15 is 0 Å². The Morgan fingerprint density at radius 1 is 1.22 bits per heavy atom. The van der Waals surface area contributed by atoms with E-state index in [9.17, 15) is 14.4 Å². The molecule has 2 amide bonds. The van der Waals surface area contributed by atoms with Crippen LogP contribution in [0.3, 0.4) is 0 Å². The minimum absolute atomic E-state index is 0.146. The number of hydrogen-bond donors (Lipinski definition) is 1. The number of para-hydroxylation sites is 1. The first-order chi connectivity index (χ1) is 13.0. The van der Waals surface area contributed by atoms with Gasteiger partial charge in [0.2, 0.25) is 11.8 Å². The molecule has 0 aliphatic carbocycles. The number of benzene rings is 2. The smallest absolute Gasteiger partial charge is 0.333 e. The van der Waals surface area contributed by atoms with E-state index in [1.165, 1.54) is 23.8 Å². The summed E-state index contributed by atoms with van der Waals surface area (Å²) < 4.78 is 5.67. The third-order valence-electron chi connectivity index (χ3n) is 4.06. The topological polar surface area (TPSA) is 75.7 Å². The summed E-state index contributed by atoms with van der Waals surface area (Å²) in [5.41, 5.74) is 1.30. The fraction of sp³-hybridized carbons (Fsp3) is 0.211. The Morgan fingerprint density at radius 2 is 1.93 bits per heavy atom. The van der Waals surface area contributed by atoms with Crippen LogP contribution in [0, 0.1) is 0 Å². The van der Waals surface area contributed by atoms with Crippen LogP contribution in [0.4, 0.5) is 5.69 Å². The van der Waals surface area contributed by atoms with E-state index in [-0.39, 0.29) is 18.2 Å². The van der Waals surface area contributed by atoms with Crippen molar-refractivity contribution in [1.82, 2.24) is 5.32 Å². The maximum absolute atomic E-state index is 12.6. The summed E-state index contributed by atoms with van der Waals surface area (Å²) in [7, 11) is 1.27. The maximum atomic E-state index is 12.6. The number of ether oxygens (including phenoxy) is 1. The van der Waals surface area contributed by atoms with Crippen LogP contribution in [-0.4, -0.2) is 37.2 Å². The van der Waals surface area contributed by atoms with E-state index in [0.717, 1.165) is 9.37 Å². The average molecular weight is 449 g/mol. The third-order valence-corrected chi connectivity index (χ3v) is 5.63. The van der Waals surface area contributed by atoms with Crippen LogP contribution in [0.1, 0.15) is 11.6 Å². The summed E-state index contributed by atoms with van der Waals surface area (Å²) in [6.07, 6.45) is 0. The molecular weight excluding hydrogens is 432 g/mol. The number of rotatable bonds is 5. The number of halogens is 1. The lowest BCUT2D eigenvalue weighted by Crippen LogP contribution is -2.45. The number of methoxy groups -OCH3 is 1. The van der Waals surface area contributed by atoms with Crippen molar-refractivity contribution < 1.29 is 19.1 Å². The van der Waals surface area contributed by atoms with Crippen LogP contribution in [0.2, 0.25) is 0 Å². The van der Waals surface area contributed by atoms with Crippen LogP contribution in [0.25, 0.3) is 0 Å². The number of carbonyl (C=O) groups excluding carboxylic acids is 3. The fourth-order valence-electron chi connectivity index (χ4n) is 2.73. The highest BCUT2D eigenvalue weighted by Gasteiger charge is 2.29. The number of hydrogen-bond acceptors (Lipinski definition) is 5. The van der Waals surface area contributed by atoms with Crippen molar-refractivity contribution in [2.45, 2.75) is 10.9 Å². The van der Waals surface area contributed by atoms with Gasteiger partial charge in [0.25, 0.3) is 0 Å². The summed E-state index contributed by atoms with van der Waals surface area (Å²) in [4.78, 5) is 39.5. The Hall–Kier alpha value is -2.32. The molecule has 1 N–H and O–H groups in total. The SMILES string of the molecule is COC(=O)C(NC(=O)CN1C(=O)CSc2ccccc21)c1ccc(Br)cc1. The van der Waals surface area contributed by atoms with Crippen molar-refractivity contribution in [2.75, 3.05) is 24.3 Å². The van der Waals surface area contributed by atoms with Crippen molar-refractivity contribution in [3.63, 3.8) is 0 Å². The highest BCUT2D eigenvalue weighted by Crippen LogP contribution is 2.34. The molecule has 0 radical (unpaired) electrons. The largest absolute Gasteiger partial charge is 0.467 e. The highest BCUT2D eigenvalue weighted by atomic mass is 79.9. The number of thioether (sulfide) groups is 1. The molecule has 0 bridgehead atoms. The maximum Gasteiger partial charge on any atom is 0.333 e. The minimum atomic E-state index is -0.944. The molecule has 2 aromatic rings. The van der Waals surface area contributed by atoms with Crippen LogP contribution in [-0.2, 0) is 19.1 Å². The minimum Gasteiger partial charge on any atom is -0.467 e. The van der Waals surface area contributed by atoms with Crippen LogP contribution >= 0.6 is 27.7 Å². The van der Waals surface area contributed by atoms with Gasteiger partial charge in [-0.25, -0.2) is 4.79 Å². The molecule has 2 aromatic carbocycles. The lowest BCUT2D eigenvalue weighted by atomic mass is 10.1. The second-order valence-electron chi connectivity index (χ2n) is 5.81. The zero-order chi connectivity index (χ0) is 19.4. The van der Waals surface area contributed by atoms with E-state index in [4.69, 9.17) is 4.74 Å². The zero-order valence-electron chi connectivity index (χ0n) is 14.5. The van der Waals surface area contributed by atoms with Gasteiger partial charge in [-0.05, 0) is 29.8 Å². The number of nitrogens with zero attached hydrogens (tertiary/aromatic N) is 1. The lowest BCUT2D eigenvalue weighted by molar-refractivity contribution is -0.145. The summed E-state index contributed by atoms with van der Waals surface area (Å²) in [6.45, 7) is -0.166. The van der Waals surface area contributed by atoms with E-state index in [1.54, 1.807) is 30.3 Å². The summed E-state index contributed by atoms with van der Waals surface area (Å²) in [6, 6.07) is 13.5. The summed E-state index contributed by atoms with van der Waals surface area (Å²) in [5, 5.41) is 2.67. The van der Waals surface area contributed by atoms with E-state index in [2.05, 4.69) is 21.2 Å². The quantitative estimate of drug-likeness (QED) is 0.711. The summed E-state index contributed by atoms with van der Waals surface area (Å²) >= 11 is 4.78. The molecule has 0 saturated heterocycles. The van der Waals surface area contributed by atoms with Gasteiger partial charge in [0.1, 0.15) is 6.54 Å². The van der Waals surface area contributed by atoms with Gasteiger partial charge in [-0.3, -0.25) is 9.59 Å². The first-order valence-electron chi connectivity index (χ1n) is 8.14. The Morgan fingerprint density at radius 3 is 2.63 bits per heavy atom. The van der Waals surface area contributed by atoms with Crippen molar-refractivity contribution in [3.8, 4) is 0 Å². The van der Waals surface area contributed by atoms with Gasteiger partial charge in [-0.15, -0.1) is 11.8 Å². The monoisotopic (exact) mass is 448 g/mol. The molecule has 1 aliphatic heterocycles. The Balaban J connectivity index is 1.77. The molecule has 1 atom stereocenters. The van der Waals surface area contributed by atoms with Gasteiger partial charge in [-0.1, -0.05) is 40.2 Å². The zero-order valence-corrected chi connectivity index (χ0v) is 16.9. The molecule has 3 rings (SSSR count). The average Bonchev–Trinajstić information content (AvgIpc) is 2.68. The number of fused-ring (bicyclic) bond motifs is 1. The second-order valence-corrected chi connectivity index (χ2v) is 7.74. The van der Waals surface area contributed by atoms with Gasteiger partial charge < -0.3 is 15.0 Å². The van der Waals surface area contributed by atoms with Gasteiger partial charge in [0.15, 0.2) is 6.04 Å². The van der Waals surface area contributed by atoms with E-state index < -0.39 is 17.9 Å². The number of carbonyl (C=O) groups is 3. The van der Waals surface area contributed by atoms with Gasteiger partial charge in [0.05, 0.1) is 18.6 Å². The first-order valence-corrected chi connectivity index (χ1v) is 9.92. The van der Waals surface area contributed by atoms with Crippen molar-refractivity contribution in [1.29, 1.82) is 0 Å².